The predicted octanol–water partition coefficient (Wildman–Crippen LogP) is 5.96. The Morgan fingerprint density at radius 2 is 1.35 bits per heavy atom. The van der Waals surface area contributed by atoms with Crippen molar-refractivity contribution in [2.24, 2.45) is 23.2 Å². The van der Waals surface area contributed by atoms with E-state index >= 15 is 0 Å². The largest absolute Gasteiger partial charge is 0.103 e. The van der Waals surface area contributed by atoms with Crippen LogP contribution < -0.4 is 0 Å². The zero-order valence-electron chi connectivity index (χ0n) is 13.4. The van der Waals surface area contributed by atoms with E-state index in [0.717, 1.165) is 24.2 Å². The third-order valence-corrected chi connectivity index (χ3v) is 6.05. The van der Waals surface area contributed by atoms with Gasteiger partial charge in [0.2, 0.25) is 0 Å². The second-order valence-corrected chi connectivity index (χ2v) is 8.02. The normalized spacial score (nSPS) is 37.8. The van der Waals surface area contributed by atoms with E-state index in [2.05, 4.69) is 18.8 Å². The van der Waals surface area contributed by atoms with Gasteiger partial charge in [-0.15, -0.1) is 5.92 Å². The summed E-state index contributed by atoms with van der Waals surface area (Å²) in [5, 5.41) is 0. The SMILES string of the molecule is CCCCCCCCC#CC12CC3CC(CC(C3)C1)C2. The summed E-state index contributed by atoms with van der Waals surface area (Å²) in [6.07, 6.45) is 18.5. The number of hydrogen-bond donors (Lipinski definition) is 0. The van der Waals surface area contributed by atoms with Gasteiger partial charge < -0.3 is 0 Å². The Bertz CT molecular complexity index is 332. The van der Waals surface area contributed by atoms with Crippen LogP contribution in [0.1, 0.15) is 90.4 Å². The van der Waals surface area contributed by atoms with Crippen molar-refractivity contribution in [1.82, 2.24) is 0 Å². The monoisotopic (exact) mass is 272 g/mol. The first kappa shape index (κ1) is 14.5. The molecule has 0 amide bonds. The van der Waals surface area contributed by atoms with Crippen molar-refractivity contribution < 1.29 is 0 Å². The fraction of sp³-hybridized carbons (Fsp3) is 0.900. The molecule has 0 aromatic carbocycles. The Morgan fingerprint density at radius 3 is 1.95 bits per heavy atom. The lowest BCUT2D eigenvalue weighted by Crippen LogP contribution is -2.45. The van der Waals surface area contributed by atoms with Crippen molar-refractivity contribution in [2.45, 2.75) is 90.4 Å². The van der Waals surface area contributed by atoms with Crippen LogP contribution in [0.3, 0.4) is 0 Å². The van der Waals surface area contributed by atoms with Crippen molar-refractivity contribution >= 4 is 0 Å². The van der Waals surface area contributed by atoms with E-state index in [0.29, 0.717) is 5.41 Å². The van der Waals surface area contributed by atoms with Gasteiger partial charge >= 0.3 is 0 Å². The van der Waals surface area contributed by atoms with Crippen LogP contribution in [0, 0.1) is 35.0 Å². The second kappa shape index (κ2) is 6.55. The molecular formula is C20H32. The lowest BCUT2D eigenvalue weighted by Gasteiger charge is -2.54. The van der Waals surface area contributed by atoms with Crippen LogP contribution in [0.2, 0.25) is 0 Å². The number of hydrogen-bond acceptors (Lipinski definition) is 0. The molecule has 0 aromatic rings. The maximum atomic E-state index is 3.78. The van der Waals surface area contributed by atoms with Crippen molar-refractivity contribution in [2.75, 3.05) is 0 Å². The summed E-state index contributed by atoms with van der Waals surface area (Å²) in [4.78, 5) is 0. The third kappa shape index (κ3) is 3.41. The molecule has 4 aliphatic carbocycles. The smallest absolute Gasteiger partial charge is 0.0322 e. The molecule has 0 nitrogen and oxygen atoms in total. The van der Waals surface area contributed by atoms with E-state index < -0.39 is 0 Å². The minimum atomic E-state index is 0.483. The molecular weight excluding hydrogens is 240 g/mol. The van der Waals surface area contributed by atoms with Gasteiger partial charge in [0, 0.05) is 11.8 Å². The van der Waals surface area contributed by atoms with Gasteiger partial charge in [-0.3, -0.25) is 0 Å². The van der Waals surface area contributed by atoms with Crippen LogP contribution in [0.25, 0.3) is 0 Å². The second-order valence-electron chi connectivity index (χ2n) is 8.02. The minimum absolute atomic E-state index is 0.483. The van der Waals surface area contributed by atoms with Crippen molar-refractivity contribution in [1.29, 1.82) is 0 Å². The van der Waals surface area contributed by atoms with Gasteiger partial charge in [0.25, 0.3) is 0 Å². The molecule has 4 fully saturated rings. The lowest BCUT2D eigenvalue weighted by molar-refractivity contribution is -0.0181. The lowest BCUT2D eigenvalue weighted by atomic mass is 9.50. The summed E-state index contributed by atoms with van der Waals surface area (Å²) in [6.45, 7) is 2.29. The van der Waals surface area contributed by atoms with Crippen molar-refractivity contribution in [3.8, 4) is 11.8 Å². The molecule has 4 aliphatic rings. The van der Waals surface area contributed by atoms with Crippen molar-refractivity contribution in [3.05, 3.63) is 0 Å². The highest BCUT2D eigenvalue weighted by Crippen LogP contribution is 2.59. The molecule has 0 heteroatoms. The molecule has 0 aromatic heterocycles. The Kier molecular flexibility index (Phi) is 4.75. The standard InChI is InChI=1S/C20H32/c1-2-3-4-5-6-7-8-9-10-20-14-17-11-18(15-20)13-19(12-17)16-20/h17-19H,2-8,11-16H2,1H3. The average molecular weight is 272 g/mol. The summed E-state index contributed by atoms with van der Waals surface area (Å²) in [7, 11) is 0. The molecule has 0 N–H and O–H groups in total. The molecule has 112 valence electrons. The van der Waals surface area contributed by atoms with E-state index in [9.17, 15) is 0 Å². The van der Waals surface area contributed by atoms with Gasteiger partial charge in [-0.2, -0.15) is 0 Å². The first-order chi connectivity index (χ1) is 9.80. The summed E-state index contributed by atoms with van der Waals surface area (Å²) in [6, 6.07) is 0. The minimum Gasteiger partial charge on any atom is -0.103 e. The Labute approximate surface area is 126 Å². The highest BCUT2D eigenvalue weighted by molar-refractivity contribution is 5.18. The quantitative estimate of drug-likeness (QED) is 0.413. The maximum absolute atomic E-state index is 3.78. The molecule has 0 heterocycles. The average Bonchev–Trinajstić information content (AvgIpc) is 2.40. The molecule has 0 radical (unpaired) electrons. The summed E-state index contributed by atoms with van der Waals surface area (Å²) < 4.78 is 0. The molecule has 0 atom stereocenters. The van der Waals surface area contributed by atoms with E-state index in [4.69, 9.17) is 0 Å². The van der Waals surface area contributed by atoms with Gasteiger partial charge in [-0.25, -0.2) is 0 Å². The molecule has 4 rings (SSSR count). The first-order valence-corrected chi connectivity index (χ1v) is 9.30. The van der Waals surface area contributed by atoms with Gasteiger partial charge in [0.15, 0.2) is 0 Å². The van der Waals surface area contributed by atoms with Gasteiger partial charge in [0.05, 0.1) is 0 Å². The first-order valence-electron chi connectivity index (χ1n) is 9.30. The zero-order chi connectivity index (χ0) is 13.8. The Hall–Kier alpha value is -0.440. The van der Waals surface area contributed by atoms with Crippen LogP contribution in [0.15, 0.2) is 0 Å². The number of unbranched alkanes of at least 4 members (excludes halogenated alkanes) is 6. The maximum Gasteiger partial charge on any atom is 0.0322 e. The van der Waals surface area contributed by atoms with Crippen LogP contribution in [-0.2, 0) is 0 Å². The summed E-state index contributed by atoms with van der Waals surface area (Å²) in [5.74, 6) is 10.5. The topological polar surface area (TPSA) is 0 Å². The highest BCUT2D eigenvalue weighted by Gasteiger charge is 2.50. The van der Waals surface area contributed by atoms with Crippen LogP contribution in [0.4, 0.5) is 0 Å². The van der Waals surface area contributed by atoms with Gasteiger partial charge in [-0.05, 0) is 62.7 Å². The molecule has 0 aliphatic heterocycles. The van der Waals surface area contributed by atoms with Gasteiger partial charge in [-0.1, -0.05) is 44.9 Å². The van der Waals surface area contributed by atoms with E-state index in [1.165, 1.54) is 77.0 Å². The number of rotatable bonds is 6. The Morgan fingerprint density at radius 1 is 0.800 bits per heavy atom. The van der Waals surface area contributed by atoms with E-state index in [-0.39, 0.29) is 0 Å². The van der Waals surface area contributed by atoms with Crippen LogP contribution in [0.5, 0.6) is 0 Å². The Balaban J connectivity index is 1.41. The molecule has 0 saturated heterocycles. The molecule has 4 saturated carbocycles. The summed E-state index contributed by atoms with van der Waals surface area (Å²) in [5.41, 5.74) is 0.483. The predicted molar refractivity (Wildman–Crippen MR) is 86.4 cm³/mol. The molecule has 0 spiro atoms. The van der Waals surface area contributed by atoms with Crippen LogP contribution >= 0.6 is 0 Å². The van der Waals surface area contributed by atoms with Crippen molar-refractivity contribution in [3.63, 3.8) is 0 Å². The van der Waals surface area contributed by atoms with Crippen LogP contribution in [-0.4, -0.2) is 0 Å². The zero-order valence-corrected chi connectivity index (χ0v) is 13.4. The van der Waals surface area contributed by atoms with E-state index in [1.54, 1.807) is 0 Å². The van der Waals surface area contributed by atoms with E-state index in [1.807, 2.05) is 0 Å². The fourth-order valence-electron chi connectivity index (χ4n) is 5.51. The molecule has 0 unspecified atom stereocenters. The summed E-state index contributed by atoms with van der Waals surface area (Å²) >= 11 is 0. The highest BCUT2D eigenvalue weighted by atomic mass is 14.5. The van der Waals surface area contributed by atoms with Gasteiger partial charge in [0.1, 0.15) is 0 Å². The fourth-order valence-corrected chi connectivity index (χ4v) is 5.51. The molecule has 4 bridgehead atoms. The third-order valence-electron chi connectivity index (χ3n) is 6.05. The molecule has 20 heavy (non-hydrogen) atoms.